The fourth-order valence-electron chi connectivity index (χ4n) is 3.07. The lowest BCUT2D eigenvalue weighted by Gasteiger charge is -2.27. The molecule has 2 amide bonds. The SMILES string of the molecule is CC1CCCCC1C(=O)ON1C(=O)c2ccccc2C1=O. The minimum absolute atomic E-state index is 0.224. The zero-order valence-electron chi connectivity index (χ0n) is 11.9. The van der Waals surface area contributed by atoms with Crippen molar-refractivity contribution in [2.45, 2.75) is 32.6 Å². The van der Waals surface area contributed by atoms with Crippen molar-refractivity contribution >= 4 is 17.8 Å². The number of carbonyl (C=O) groups excluding carboxylic acids is 3. The van der Waals surface area contributed by atoms with Crippen LogP contribution in [0.25, 0.3) is 0 Å². The third-order valence-electron chi connectivity index (χ3n) is 4.35. The highest BCUT2D eigenvalue weighted by Crippen LogP contribution is 2.31. The highest BCUT2D eigenvalue weighted by atomic mass is 16.7. The number of benzene rings is 1. The smallest absolute Gasteiger partial charge is 0.329 e. The first-order valence-electron chi connectivity index (χ1n) is 7.29. The molecule has 0 spiro atoms. The van der Waals surface area contributed by atoms with Crippen molar-refractivity contribution in [3.05, 3.63) is 35.4 Å². The summed E-state index contributed by atoms with van der Waals surface area (Å²) in [5.41, 5.74) is 0.569. The average molecular weight is 287 g/mol. The molecule has 1 aromatic rings. The van der Waals surface area contributed by atoms with Gasteiger partial charge in [0, 0.05) is 0 Å². The number of imide groups is 1. The second kappa shape index (κ2) is 5.31. The standard InChI is InChI=1S/C16H17NO4/c1-10-6-2-3-7-11(10)16(20)21-17-14(18)12-8-4-5-9-13(12)15(17)19/h4-5,8-11H,2-3,6-7H2,1H3. The number of carbonyl (C=O) groups is 3. The van der Waals surface area contributed by atoms with Crippen LogP contribution in [0.2, 0.25) is 0 Å². The molecule has 110 valence electrons. The van der Waals surface area contributed by atoms with Crippen molar-refractivity contribution < 1.29 is 19.2 Å². The Morgan fingerprint density at radius 3 is 2.24 bits per heavy atom. The monoisotopic (exact) mass is 287 g/mol. The highest BCUT2D eigenvalue weighted by molar-refractivity contribution is 6.20. The second-order valence-corrected chi connectivity index (χ2v) is 5.73. The minimum Gasteiger partial charge on any atom is -0.329 e. The summed E-state index contributed by atoms with van der Waals surface area (Å²) >= 11 is 0. The van der Waals surface area contributed by atoms with Gasteiger partial charge in [0.2, 0.25) is 0 Å². The highest BCUT2D eigenvalue weighted by Gasteiger charge is 2.40. The van der Waals surface area contributed by atoms with Crippen molar-refractivity contribution in [1.82, 2.24) is 5.06 Å². The molecule has 1 aromatic carbocycles. The van der Waals surface area contributed by atoms with Crippen LogP contribution in [-0.2, 0) is 9.63 Å². The Labute approximate surface area is 122 Å². The van der Waals surface area contributed by atoms with Gasteiger partial charge in [-0.25, -0.2) is 4.79 Å². The van der Waals surface area contributed by atoms with Crippen LogP contribution in [0.4, 0.5) is 0 Å². The van der Waals surface area contributed by atoms with E-state index in [4.69, 9.17) is 4.84 Å². The number of fused-ring (bicyclic) bond motifs is 1. The summed E-state index contributed by atoms with van der Waals surface area (Å²) in [6.45, 7) is 2.01. The van der Waals surface area contributed by atoms with Crippen LogP contribution >= 0.6 is 0 Å². The van der Waals surface area contributed by atoms with E-state index in [1.54, 1.807) is 24.3 Å². The Balaban J connectivity index is 1.76. The van der Waals surface area contributed by atoms with Crippen LogP contribution in [-0.4, -0.2) is 22.8 Å². The van der Waals surface area contributed by atoms with Crippen molar-refractivity contribution in [3.63, 3.8) is 0 Å². The van der Waals surface area contributed by atoms with Crippen LogP contribution in [0.5, 0.6) is 0 Å². The minimum atomic E-state index is -0.563. The maximum Gasteiger partial charge on any atom is 0.336 e. The van der Waals surface area contributed by atoms with Gasteiger partial charge in [0.05, 0.1) is 17.0 Å². The molecule has 0 radical (unpaired) electrons. The van der Waals surface area contributed by atoms with Crippen molar-refractivity contribution in [2.75, 3.05) is 0 Å². The van der Waals surface area contributed by atoms with E-state index in [2.05, 4.69) is 0 Å². The summed E-state index contributed by atoms with van der Waals surface area (Å²) < 4.78 is 0. The molecule has 2 atom stereocenters. The summed E-state index contributed by atoms with van der Waals surface area (Å²) in [6, 6.07) is 6.48. The molecule has 21 heavy (non-hydrogen) atoms. The van der Waals surface area contributed by atoms with Gasteiger partial charge >= 0.3 is 5.97 Å². The van der Waals surface area contributed by atoms with E-state index in [-0.39, 0.29) is 23.0 Å². The van der Waals surface area contributed by atoms with E-state index in [9.17, 15) is 14.4 Å². The van der Waals surface area contributed by atoms with Crippen molar-refractivity contribution in [1.29, 1.82) is 0 Å². The summed E-state index contributed by atoms with van der Waals surface area (Å²) in [6.07, 6.45) is 3.81. The first-order valence-corrected chi connectivity index (χ1v) is 7.29. The Hall–Kier alpha value is -2.17. The van der Waals surface area contributed by atoms with Crippen molar-refractivity contribution in [3.8, 4) is 0 Å². The van der Waals surface area contributed by atoms with E-state index in [1.165, 1.54) is 0 Å². The Kier molecular flexibility index (Phi) is 3.49. The number of hydroxylamine groups is 2. The van der Waals surface area contributed by atoms with Gasteiger partial charge in [-0.15, -0.1) is 0 Å². The molecule has 2 unspecified atom stereocenters. The molecule has 0 N–H and O–H groups in total. The van der Waals surface area contributed by atoms with Gasteiger partial charge < -0.3 is 4.84 Å². The molecule has 1 aliphatic heterocycles. The Morgan fingerprint density at radius 2 is 1.67 bits per heavy atom. The molecule has 5 nitrogen and oxygen atoms in total. The topological polar surface area (TPSA) is 63.7 Å². The Morgan fingerprint density at radius 1 is 1.10 bits per heavy atom. The normalized spacial score (nSPS) is 24.9. The molecule has 1 aliphatic carbocycles. The number of nitrogens with zero attached hydrogens (tertiary/aromatic N) is 1. The summed E-state index contributed by atoms with van der Waals surface area (Å²) in [5, 5.41) is 0.605. The molecular weight excluding hydrogens is 270 g/mol. The average Bonchev–Trinajstić information content (AvgIpc) is 2.73. The van der Waals surface area contributed by atoms with Crippen LogP contribution in [0, 0.1) is 11.8 Å². The van der Waals surface area contributed by atoms with Crippen LogP contribution < -0.4 is 0 Å². The molecule has 1 fully saturated rings. The fraction of sp³-hybridized carbons (Fsp3) is 0.438. The van der Waals surface area contributed by atoms with Gasteiger partial charge in [0.15, 0.2) is 0 Å². The van der Waals surface area contributed by atoms with Gasteiger partial charge in [-0.2, -0.15) is 0 Å². The van der Waals surface area contributed by atoms with E-state index >= 15 is 0 Å². The fourth-order valence-corrected chi connectivity index (χ4v) is 3.07. The van der Waals surface area contributed by atoms with Gasteiger partial charge in [-0.3, -0.25) is 9.59 Å². The Bertz CT molecular complexity index is 575. The lowest BCUT2D eigenvalue weighted by molar-refractivity contribution is -0.176. The molecule has 0 saturated heterocycles. The summed E-state index contributed by atoms with van der Waals surface area (Å²) in [7, 11) is 0. The number of hydrogen-bond donors (Lipinski definition) is 0. The van der Waals surface area contributed by atoms with E-state index in [0.717, 1.165) is 25.7 Å². The first-order chi connectivity index (χ1) is 10.1. The molecule has 2 aliphatic rings. The lowest BCUT2D eigenvalue weighted by atomic mass is 9.80. The third kappa shape index (κ3) is 2.33. The van der Waals surface area contributed by atoms with Crippen LogP contribution in [0.3, 0.4) is 0 Å². The van der Waals surface area contributed by atoms with Gasteiger partial charge in [-0.05, 0) is 30.9 Å². The van der Waals surface area contributed by atoms with Crippen molar-refractivity contribution in [2.24, 2.45) is 11.8 Å². The maximum atomic E-state index is 12.2. The summed E-state index contributed by atoms with van der Waals surface area (Å²) in [5.74, 6) is -1.61. The molecule has 1 heterocycles. The van der Waals surface area contributed by atoms with E-state index in [0.29, 0.717) is 5.06 Å². The van der Waals surface area contributed by atoms with Gasteiger partial charge in [-0.1, -0.05) is 37.0 Å². The molecule has 3 rings (SSSR count). The second-order valence-electron chi connectivity index (χ2n) is 5.73. The first kappa shape index (κ1) is 13.8. The van der Waals surface area contributed by atoms with E-state index < -0.39 is 17.8 Å². The molecule has 1 saturated carbocycles. The third-order valence-corrected chi connectivity index (χ3v) is 4.35. The van der Waals surface area contributed by atoms with Crippen LogP contribution in [0.15, 0.2) is 24.3 Å². The zero-order valence-corrected chi connectivity index (χ0v) is 11.9. The number of amides is 2. The predicted octanol–water partition coefficient (Wildman–Crippen LogP) is 2.57. The quantitative estimate of drug-likeness (QED) is 0.784. The summed E-state index contributed by atoms with van der Waals surface area (Å²) in [4.78, 5) is 41.6. The zero-order chi connectivity index (χ0) is 15.0. The molecular formula is C16H17NO4. The van der Waals surface area contributed by atoms with Crippen LogP contribution in [0.1, 0.15) is 53.3 Å². The van der Waals surface area contributed by atoms with Gasteiger partial charge in [0.1, 0.15) is 0 Å². The molecule has 0 aromatic heterocycles. The van der Waals surface area contributed by atoms with Gasteiger partial charge in [0.25, 0.3) is 11.8 Å². The molecule has 5 heteroatoms. The van der Waals surface area contributed by atoms with E-state index in [1.807, 2.05) is 6.92 Å². The maximum absolute atomic E-state index is 12.2. The number of rotatable bonds is 2. The lowest BCUT2D eigenvalue weighted by Crippen LogP contribution is -2.37. The molecule has 0 bridgehead atoms. The largest absolute Gasteiger partial charge is 0.336 e. The predicted molar refractivity (Wildman–Crippen MR) is 74.2 cm³/mol. The number of hydrogen-bond acceptors (Lipinski definition) is 4.